The number of fused-ring (bicyclic) bond motifs is 1. The van der Waals surface area contributed by atoms with Gasteiger partial charge in [0, 0.05) is 31.4 Å². The highest BCUT2D eigenvalue weighted by Crippen LogP contribution is 2.69. The molecule has 3 aromatic rings. The number of nitrogens with zero attached hydrogens (tertiary/aromatic N) is 1. The molecular formula is C27H29Br2NO3. The van der Waals surface area contributed by atoms with Crippen LogP contribution in [0, 0.1) is 5.41 Å². The Kier molecular flexibility index (Phi) is 5.57. The Hall–Kier alpha value is -2.18. The molecule has 0 spiro atoms. The van der Waals surface area contributed by atoms with Crippen molar-refractivity contribution in [3.8, 4) is 17.2 Å². The highest BCUT2D eigenvalue weighted by molar-refractivity contribution is 9.10. The molecule has 0 atom stereocenters. The quantitative estimate of drug-likeness (QED) is 0.217. The Bertz CT molecular complexity index is 1180. The summed E-state index contributed by atoms with van der Waals surface area (Å²) < 4.78 is 1.83. The lowest BCUT2D eigenvalue weighted by atomic mass is 9.59. The smallest absolute Gasteiger partial charge is 0.186 e. The first-order chi connectivity index (χ1) is 15.2. The van der Waals surface area contributed by atoms with E-state index >= 15 is 0 Å². The molecule has 1 aliphatic rings. The molecule has 0 unspecified atom stereocenters. The van der Waals surface area contributed by atoms with Gasteiger partial charge in [-0.15, -0.1) is 0 Å². The van der Waals surface area contributed by atoms with E-state index in [4.69, 9.17) is 0 Å². The zero-order valence-corrected chi connectivity index (χ0v) is 22.8. The zero-order chi connectivity index (χ0) is 24.5. The van der Waals surface area contributed by atoms with E-state index in [0.717, 1.165) is 20.3 Å². The van der Waals surface area contributed by atoms with Gasteiger partial charge in [-0.25, -0.2) is 0 Å². The third kappa shape index (κ3) is 3.28. The van der Waals surface area contributed by atoms with Gasteiger partial charge in [-0.1, -0.05) is 73.4 Å². The van der Waals surface area contributed by atoms with Gasteiger partial charge in [-0.3, -0.25) is 0 Å². The van der Waals surface area contributed by atoms with Gasteiger partial charge in [0.15, 0.2) is 11.5 Å². The van der Waals surface area contributed by atoms with Gasteiger partial charge in [-0.05, 0) is 64.8 Å². The van der Waals surface area contributed by atoms with E-state index in [9.17, 15) is 15.3 Å². The molecular weight excluding hydrogens is 546 g/mol. The molecule has 1 aliphatic carbocycles. The van der Waals surface area contributed by atoms with E-state index in [2.05, 4.69) is 73.4 Å². The second kappa shape index (κ2) is 7.67. The number of benzene rings is 3. The van der Waals surface area contributed by atoms with Crippen LogP contribution in [0.15, 0.2) is 57.5 Å². The molecule has 33 heavy (non-hydrogen) atoms. The number of phenols is 3. The number of anilines is 3. The summed E-state index contributed by atoms with van der Waals surface area (Å²) in [5.74, 6) is -0.533. The van der Waals surface area contributed by atoms with Crippen molar-refractivity contribution in [2.45, 2.75) is 52.4 Å². The van der Waals surface area contributed by atoms with Gasteiger partial charge >= 0.3 is 0 Å². The summed E-state index contributed by atoms with van der Waals surface area (Å²) in [5.41, 5.74) is 1.65. The minimum atomic E-state index is -0.483. The van der Waals surface area contributed by atoms with Crippen molar-refractivity contribution in [2.75, 3.05) is 4.90 Å². The molecule has 0 aliphatic heterocycles. The lowest BCUT2D eigenvalue weighted by Gasteiger charge is -2.44. The van der Waals surface area contributed by atoms with E-state index in [0.29, 0.717) is 11.1 Å². The van der Waals surface area contributed by atoms with Crippen LogP contribution in [0.3, 0.4) is 0 Å². The molecule has 0 bridgehead atoms. The Morgan fingerprint density at radius 1 is 0.576 bits per heavy atom. The number of phenolic OH excluding ortho intramolecular Hbond substituents is 3. The van der Waals surface area contributed by atoms with Crippen molar-refractivity contribution in [3.63, 3.8) is 0 Å². The van der Waals surface area contributed by atoms with E-state index in [1.54, 1.807) is 4.90 Å². The molecule has 0 amide bonds. The van der Waals surface area contributed by atoms with Crippen LogP contribution in [0.1, 0.15) is 52.7 Å². The first kappa shape index (κ1) is 24.0. The Balaban J connectivity index is 2.10. The van der Waals surface area contributed by atoms with Gasteiger partial charge in [0.05, 0.1) is 0 Å². The molecule has 4 nitrogen and oxygen atoms in total. The molecule has 0 fully saturated rings. The molecule has 0 radical (unpaired) electrons. The maximum atomic E-state index is 11.8. The van der Waals surface area contributed by atoms with Crippen LogP contribution < -0.4 is 4.90 Å². The van der Waals surface area contributed by atoms with E-state index in [1.807, 2.05) is 48.5 Å². The molecule has 0 saturated heterocycles. The van der Waals surface area contributed by atoms with Crippen molar-refractivity contribution in [3.05, 3.63) is 68.6 Å². The van der Waals surface area contributed by atoms with Crippen LogP contribution in [0.4, 0.5) is 17.1 Å². The Morgan fingerprint density at radius 3 is 1.33 bits per heavy atom. The fourth-order valence-corrected chi connectivity index (χ4v) is 5.65. The average molecular weight is 575 g/mol. The Labute approximate surface area is 212 Å². The predicted octanol–water partition coefficient (Wildman–Crippen LogP) is 8.39. The van der Waals surface area contributed by atoms with E-state index in [-0.39, 0.29) is 28.4 Å². The van der Waals surface area contributed by atoms with Crippen LogP contribution in [-0.4, -0.2) is 15.3 Å². The second-order valence-corrected chi connectivity index (χ2v) is 12.1. The van der Waals surface area contributed by atoms with Gasteiger partial charge < -0.3 is 20.2 Å². The lowest BCUT2D eigenvalue weighted by molar-refractivity contribution is 0.122. The molecule has 0 heterocycles. The van der Waals surface area contributed by atoms with E-state index in [1.165, 1.54) is 0 Å². The van der Waals surface area contributed by atoms with E-state index < -0.39 is 10.8 Å². The van der Waals surface area contributed by atoms with Crippen LogP contribution in [0.5, 0.6) is 17.2 Å². The summed E-state index contributed by atoms with van der Waals surface area (Å²) in [7, 11) is 0. The minimum Gasteiger partial charge on any atom is -0.505 e. The minimum absolute atomic E-state index is 0.0187. The molecule has 3 aromatic carbocycles. The lowest BCUT2D eigenvalue weighted by Crippen LogP contribution is -2.42. The van der Waals surface area contributed by atoms with Gasteiger partial charge in [-0.2, -0.15) is 0 Å². The maximum Gasteiger partial charge on any atom is 0.186 e. The summed E-state index contributed by atoms with van der Waals surface area (Å²) in [6, 6.07) is 15.2. The van der Waals surface area contributed by atoms with Crippen LogP contribution in [0.25, 0.3) is 0 Å². The normalized spacial score (nSPS) is 17.6. The van der Waals surface area contributed by atoms with Crippen molar-refractivity contribution >= 4 is 48.9 Å². The highest BCUT2D eigenvalue weighted by Gasteiger charge is 2.60. The predicted molar refractivity (Wildman–Crippen MR) is 141 cm³/mol. The maximum absolute atomic E-state index is 11.8. The molecule has 3 N–H and O–H groups in total. The molecule has 0 saturated carbocycles. The topological polar surface area (TPSA) is 63.9 Å². The van der Waals surface area contributed by atoms with Crippen molar-refractivity contribution in [1.82, 2.24) is 0 Å². The second-order valence-electron chi connectivity index (χ2n) is 10.3. The largest absolute Gasteiger partial charge is 0.505 e. The summed E-state index contributed by atoms with van der Waals surface area (Å²) in [5, 5.41) is 34.5. The molecule has 4 rings (SSSR count). The van der Waals surface area contributed by atoms with Crippen molar-refractivity contribution in [1.29, 1.82) is 0 Å². The summed E-state index contributed by atoms with van der Waals surface area (Å²) >= 11 is 6.95. The number of aromatic hydroxyl groups is 3. The number of hydrogen-bond donors (Lipinski definition) is 3. The number of hydrogen-bond acceptors (Lipinski definition) is 4. The third-order valence-electron chi connectivity index (χ3n) is 8.16. The fourth-order valence-electron chi connectivity index (χ4n) is 5.12. The van der Waals surface area contributed by atoms with Crippen molar-refractivity contribution < 1.29 is 15.3 Å². The standard InChI is InChI=1S/C27H29Br2NO3/c1-25(2)19-20(26(3,4)27(25,5)6)23(32)24(33)21(22(19)31)30(17-11-7-15(28)8-12-17)18-13-9-16(29)10-14-18/h7-14,31-33H,1-6H3. The fraction of sp³-hybridized carbons (Fsp3) is 0.333. The first-order valence-corrected chi connectivity index (χ1v) is 12.4. The zero-order valence-electron chi connectivity index (χ0n) is 19.7. The average Bonchev–Trinajstić information content (AvgIpc) is 2.85. The van der Waals surface area contributed by atoms with Gasteiger partial charge in [0.2, 0.25) is 0 Å². The van der Waals surface area contributed by atoms with Crippen LogP contribution >= 0.6 is 31.9 Å². The number of halogens is 2. The molecule has 0 aromatic heterocycles. The van der Waals surface area contributed by atoms with Gasteiger partial charge in [0.1, 0.15) is 11.4 Å². The molecule has 6 heteroatoms. The first-order valence-electron chi connectivity index (χ1n) is 10.9. The van der Waals surface area contributed by atoms with Gasteiger partial charge in [0.25, 0.3) is 0 Å². The summed E-state index contributed by atoms with van der Waals surface area (Å²) in [4.78, 5) is 1.78. The summed E-state index contributed by atoms with van der Waals surface area (Å²) in [6.07, 6.45) is 0. The monoisotopic (exact) mass is 573 g/mol. The van der Waals surface area contributed by atoms with Crippen LogP contribution in [-0.2, 0) is 10.8 Å². The Morgan fingerprint density at radius 2 is 0.939 bits per heavy atom. The molecule has 174 valence electrons. The third-order valence-corrected chi connectivity index (χ3v) is 9.22. The van der Waals surface area contributed by atoms with Crippen LogP contribution in [0.2, 0.25) is 0 Å². The van der Waals surface area contributed by atoms with Crippen molar-refractivity contribution in [2.24, 2.45) is 5.41 Å². The number of rotatable bonds is 3. The summed E-state index contributed by atoms with van der Waals surface area (Å²) in [6.45, 7) is 12.6. The SMILES string of the molecule is CC1(C)c2c(O)c(O)c(N(c3ccc(Br)cc3)c3ccc(Br)cc3)c(O)c2C(C)(C)C1(C)C. The highest BCUT2D eigenvalue weighted by atomic mass is 79.9.